The summed E-state index contributed by atoms with van der Waals surface area (Å²) in [6, 6.07) is -0.844. The molecule has 0 aromatic heterocycles. The lowest BCUT2D eigenvalue weighted by Gasteiger charge is -2.63. The van der Waals surface area contributed by atoms with Crippen LogP contribution in [0, 0.1) is 46.3 Å². The molecule has 29 heavy (non-hydrogen) atoms. The van der Waals surface area contributed by atoms with Crippen LogP contribution in [0.4, 0.5) is 0 Å². The van der Waals surface area contributed by atoms with E-state index >= 15 is 0 Å². The number of carboxylic acid groups (broad SMARTS) is 1. The SMILES string of the molecule is C[C@H](CC(N)C(=O)O)[C@H]1CC[C@H]2[C@@H]3C(O)CC4CCCC[C@]4(C)[C@H]3CC(O)[C@]12C. The summed E-state index contributed by atoms with van der Waals surface area (Å²) >= 11 is 0. The molecule has 0 bridgehead atoms. The van der Waals surface area contributed by atoms with Crippen molar-refractivity contribution in [2.24, 2.45) is 52.1 Å². The zero-order valence-corrected chi connectivity index (χ0v) is 18.4. The molecule has 5 N–H and O–H groups in total. The van der Waals surface area contributed by atoms with Crippen molar-refractivity contribution in [2.45, 2.75) is 96.8 Å². The summed E-state index contributed by atoms with van der Waals surface area (Å²) in [6.45, 7) is 6.77. The van der Waals surface area contributed by atoms with Gasteiger partial charge in [-0.25, -0.2) is 0 Å². The molecule has 0 spiro atoms. The Labute approximate surface area is 175 Å². The monoisotopic (exact) mass is 407 g/mol. The molecule has 0 aliphatic heterocycles. The molecule has 0 heterocycles. The molecule has 4 saturated carbocycles. The Kier molecular flexibility index (Phi) is 5.57. The molecule has 4 fully saturated rings. The predicted octanol–water partition coefficient (Wildman–Crippen LogP) is 3.42. The largest absolute Gasteiger partial charge is 0.480 e. The van der Waals surface area contributed by atoms with Gasteiger partial charge in [0.2, 0.25) is 0 Å². The molecule has 0 saturated heterocycles. The number of rotatable bonds is 4. The minimum Gasteiger partial charge on any atom is -0.480 e. The second kappa shape index (κ2) is 7.49. The molecule has 0 radical (unpaired) electrons. The standard InChI is InChI=1S/C24H41NO4/c1-13(10-18(25)22(28)29)15-7-8-16-21-17(12-20(27)24(15,16)3)23(2)9-5-4-6-14(23)11-19(21)26/h13-21,26-27H,4-12,25H2,1-3H3,(H,28,29)/t13-,14?,15-,16+,17+,18?,19?,20?,21+,23+,24-/m1/s1. The van der Waals surface area contributed by atoms with Crippen LogP contribution in [-0.4, -0.2) is 39.5 Å². The maximum atomic E-state index is 11.5. The molecular formula is C24H41NO4. The number of carboxylic acids is 1. The zero-order chi connectivity index (χ0) is 21.1. The van der Waals surface area contributed by atoms with Gasteiger partial charge in [-0.1, -0.05) is 33.6 Å². The summed E-state index contributed by atoms with van der Waals surface area (Å²) in [4.78, 5) is 11.3. The molecule has 5 nitrogen and oxygen atoms in total. The van der Waals surface area contributed by atoms with Crippen LogP contribution in [0.2, 0.25) is 0 Å². The normalized spacial score (nSPS) is 51.4. The summed E-state index contributed by atoms with van der Waals surface area (Å²) in [5.74, 6) is 1.06. The van der Waals surface area contributed by atoms with Gasteiger partial charge in [0.25, 0.3) is 0 Å². The Morgan fingerprint density at radius 3 is 2.52 bits per heavy atom. The lowest BCUT2D eigenvalue weighted by Crippen LogP contribution is -2.61. The number of nitrogens with two attached hydrogens (primary N) is 1. The molecule has 0 amide bonds. The highest BCUT2D eigenvalue weighted by Gasteiger charge is 2.65. The number of hydrogen-bond acceptors (Lipinski definition) is 4. The average molecular weight is 408 g/mol. The van der Waals surface area contributed by atoms with Crippen molar-refractivity contribution < 1.29 is 20.1 Å². The Morgan fingerprint density at radius 1 is 1.10 bits per heavy atom. The fraction of sp³-hybridized carbons (Fsp3) is 0.958. The van der Waals surface area contributed by atoms with Crippen molar-refractivity contribution in [1.29, 1.82) is 0 Å². The van der Waals surface area contributed by atoms with Gasteiger partial charge in [-0.2, -0.15) is 0 Å². The van der Waals surface area contributed by atoms with Crippen molar-refractivity contribution in [2.75, 3.05) is 0 Å². The van der Waals surface area contributed by atoms with Crippen LogP contribution >= 0.6 is 0 Å². The van der Waals surface area contributed by atoms with Gasteiger partial charge in [-0.05, 0) is 91.3 Å². The van der Waals surface area contributed by atoms with E-state index in [0.717, 1.165) is 25.7 Å². The van der Waals surface area contributed by atoms with E-state index in [-0.39, 0.29) is 40.8 Å². The first-order chi connectivity index (χ1) is 13.6. The van der Waals surface area contributed by atoms with Crippen LogP contribution in [-0.2, 0) is 4.79 Å². The number of fused-ring (bicyclic) bond motifs is 5. The highest BCUT2D eigenvalue weighted by atomic mass is 16.4. The Morgan fingerprint density at radius 2 is 1.83 bits per heavy atom. The number of aliphatic hydroxyl groups excluding tert-OH is 2. The lowest BCUT2D eigenvalue weighted by molar-refractivity contribution is -0.201. The van der Waals surface area contributed by atoms with Crippen LogP contribution in [0.15, 0.2) is 0 Å². The van der Waals surface area contributed by atoms with E-state index in [0.29, 0.717) is 24.2 Å². The van der Waals surface area contributed by atoms with Gasteiger partial charge in [0.1, 0.15) is 6.04 Å². The van der Waals surface area contributed by atoms with Gasteiger partial charge in [-0.3, -0.25) is 4.79 Å². The number of hydrogen-bond donors (Lipinski definition) is 4. The van der Waals surface area contributed by atoms with E-state index in [1.165, 1.54) is 25.7 Å². The molecule has 11 atom stereocenters. The summed E-state index contributed by atoms with van der Waals surface area (Å²) in [5.41, 5.74) is 5.85. The lowest BCUT2D eigenvalue weighted by atomic mass is 9.43. The number of carbonyl (C=O) groups is 1. The van der Waals surface area contributed by atoms with Gasteiger partial charge in [0, 0.05) is 0 Å². The summed E-state index contributed by atoms with van der Waals surface area (Å²) in [6.07, 6.45) is 8.56. The molecule has 4 unspecified atom stereocenters. The van der Waals surface area contributed by atoms with Crippen LogP contribution in [0.1, 0.15) is 78.6 Å². The van der Waals surface area contributed by atoms with Crippen LogP contribution < -0.4 is 5.73 Å². The van der Waals surface area contributed by atoms with Crippen molar-refractivity contribution in [3.05, 3.63) is 0 Å². The van der Waals surface area contributed by atoms with Gasteiger partial charge < -0.3 is 21.1 Å². The molecule has 0 aromatic rings. The highest BCUT2D eigenvalue weighted by molar-refractivity contribution is 5.73. The van der Waals surface area contributed by atoms with Crippen molar-refractivity contribution >= 4 is 5.97 Å². The molecule has 4 aliphatic rings. The van der Waals surface area contributed by atoms with Crippen molar-refractivity contribution in [3.8, 4) is 0 Å². The van der Waals surface area contributed by atoms with E-state index in [4.69, 9.17) is 5.73 Å². The maximum Gasteiger partial charge on any atom is 0.320 e. The second-order valence-corrected chi connectivity index (χ2v) is 11.5. The highest BCUT2D eigenvalue weighted by Crippen LogP contribution is 2.68. The van der Waals surface area contributed by atoms with E-state index in [1.54, 1.807) is 0 Å². The van der Waals surface area contributed by atoms with Crippen molar-refractivity contribution in [3.63, 3.8) is 0 Å². The summed E-state index contributed by atoms with van der Waals surface area (Å²) in [7, 11) is 0. The quantitative estimate of drug-likeness (QED) is 0.572. The number of aliphatic hydroxyl groups is 2. The van der Waals surface area contributed by atoms with E-state index in [2.05, 4.69) is 20.8 Å². The van der Waals surface area contributed by atoms with Crippen LogP contribution in [0.25, 0.3) is 0 Å². The van der Waals surface area contributed by atoms with E-state index in [1.807, 2.05) is 0 Å². The molecule has 4 aliphatic carbocycles. The van der Waals surface area contributed by atoms with Gasteiger partial charge in [0.15, 0.2) is 0 Å². The van der Waals surface area contributed by atoms with E-state index < -0.39 is 12.0 Å². The Balaban J connectivity index is 1.61. The fourth-order valence-electron chi connectivity index (χ4n) is 8.85. The first-order valence-electron chi connectivity index (χ1n) is 11.9. The summed E-state index contributed by atoms with van der Waals surface area (Å²) in [5, 5.41) is 32.0. The minimum absolute atomic E-state index is 0.154. The predicted molar refractivity (Wildman–Crippen MR) is 112 cm³/mol. The third kappa shape index (κ3) is 3.18. The van der Waals surface area contributed by atoms with Gasteiger partial charge >= 0.3 is 5.97 Å². The third-order valence-corrected chi connectivity index (χ3v) is 10.4. The fourth-order valence-corrected chi connectivity index (χ4v) is 8.85. The molecule has 4 rings (SSSR count). The number of aliphatic carboxylic acids is 1. The van der Waals surface area contributed by atoms with E-state index in [9.17, 15) is 20.1 Å². The average Bonchev–Trinajstić information content (AvgIpc) is 3.01. The molecule has 166 valence electrons. The third-order valence-electron chi connectivity index (χ3n) is 10.4. The topological polar surface area (TPSA) is 104 Å². The zero-order valence-electron chi connectivity index (χ0n) is 18.4. The molecule has 0 aromatic carbocycles. The first-order valence-corrected chi connectivity index (χ1v) is 11.9. The smallest absolute Gasteiger partial charge is 0.320 e. The van der Waals surface area contributed by atoms with Crippen molar-refractivity contribution in [1.82, 2.24) is 0 Å². The molecule has 5 heteroatoms. The Hall–Kier alpha value is -0.650. The summed E-state index contributed by atoms with van der Waals surface area (Å²) < 4.78 is 0. The first kappa shape index (κ1) is 21.6. The van der Waals surface area contributed by atoms with Crippen LogP contribution in [0.3, 0.4) is 0 Å². The minimum atomic E-state index is -0.945. The second-order valence-electron chi connectivity index (χ2n) is 11.5. The van der Waals surface area contributed by atoms with Gasteiger partial charge in [-0.15, -0.1) is 0 Å². The maximum absolute atomic E-state index is 11.5. The molecular weight excluding hydrogens is 366 g/mol. The van der Waals surface area contributed by atoms with Crippen LogP contribution in [0.5, 0.6) is 0 Å². The van der Waals surface area contributed by atoms with Gasteiger partial charge in [0.05, 0.1) is 12.2 Å². The Bertz CT molecular complexity index is 640.